The maximum absolute atomic E-state index is 9.69. The van der Waals surface area contributed by atoms with Crippen molar-refractivity contribution in [2.24, 2.45) is 10.9 Å². The number of benzene rings is 1. The van der Waals surface area contributed by atoms with Crippen LogP contribution in [0.5, 0.6) is 5.75 Å². The number of aliphatic imine (C=N–C) groups is 1. The first-order valence-corrected chi connectivity index (χ1v) is 11.2. The topological polar surface area (TPSA) is 69.1 Å². The number of nitrogens with one attached hydrogen (secondary N) is 2. The molecule has 0 bridgehead atoms. The molecule has 1 heterocycles. The Labute approximate surface area is 198 Å². The van der Waals surface area contributed by atoms with Gasteiger partial charge in [0.2, 0.25) is 0 Å². The second kappa shape index (κ2) is 13.4. The molecule has 0 unspecified atom stereocenters. The summed E-state index contributed by atoms with van der Waals surface area (Å²) >= 11 is 0. The van der Waals surface area contributed by atoms with E-state index in [1.807, 2.05) is 12.1 Å². The highest BCUT2D eigenvalue weighted by molar-refractivity contribution is 14.0. The highest BCUT2D eigenvalue weighted by Crippen LogP contribution is 2.21. The monoisotopic (exact) mass is 530 g/mol. The largest absolute Gasteiger partial charge is 0.497 e. The zero-order chi connectivity index (χ0) is 20.5. The molecule has 0 radical (unpaired) electrons. The molecule has 3 N–H and O–H groups in total. The molecule has 1 aliphatic heterocycles. The van der Waals surface area contributed by atoms with Gasteiger partial charge in [0.05, 0.1) is 13.2 Å². The molecular formula is C23H39IN4O2. The van der Waals surface area contributed by atoms with E-state index in [1.54, 1.807) is 7.11 Å². The molecule has 30 heavy (non-hydrogen) atoms. The SMILES string of the molecule is CCNC(=NCC1CCN(Cc2ccc(OC)cc2)CC1)NC1CCC(O)CC1.I. The number of hydrogen-bond donors (Lipinski definition) is 3. The van der Waals surface area contributed by atoms with Crippen molar-refractivity contribution in [3.05, 3.63) is 29.8 Å². The Kier molecular flexibility index (Phi) is 11.2. The quantitative estimate of drug-likeness (QED) is 0.287. The number of guanidine groups is 1. The Morgan fingerprint density at radius 2 is 1.77 bits per heavy atom. The van der Waals surface area contributed by atoms with Gasteiger partial charge in [-0.05, 0) is 82.2 Å². The summed E-state index contributed by atoms with van der Waals surface area (Å²) < 4.78 is 5.24. The fraction of sp³-hybridized carbons (Fsp3) is 0.696. The number of aliphatic hydroxyl groups is 1. The van der Waals surface area contributed by atoms with Gasteiger partial charge in [-0.3, -0.25) is 9.89 Å². The third-order valence-corrected chi connectivity index (χ3v) is 6.16. The van der Waals surface area contributed by atoms with Gasteiger partial charge in [0, 0.05) is 25.7 Å². The van der Waals surface area contributed by atoms with Gasteiger partial charge in [0.15, 0.2) is 5.96 Å². The molecule has 170 valence electrons. The van der Waals surface area contributed by atoms with E-state index in [9.17, 15) is 5.11 Å². The number of rotatable bonds is 7. The van der Waals surface area contributed by atoms with Crippen LogP contribution in [0.4, 0.5) is 0 Å². The summed E-state index contributed by atoms with van der Waals surface area (Å²) in [4.78, 5) is 7.42. The van der Waals surface area contributed by atoms with Gasteiger partial charge in [-0.15, -0.1) is 24.0 Å². The van der Waals surface area contributed by atoms with Gasteiger partial charge in [-0.25, -0.2) is 0 Å². The van der Waals surface area contributed by atoms with E-state index in [0.717, 1.165) is 70.1 Å². The predicted molar refractivity (Wildman–Crippen MR) is 134 cm³/mol. The Bertz CT molecular complexity index is 625. The van der Waals surface area contributed by atoms with E-state index in [1.165, 1.54) is 18.4 Å². The van der Waals surface area contributed by atoms with E-state index in [4.69, 9.17) is 9.73 Å². The summed E-state index contributed by atoms with van der Waals surface area (Å²) in [7, 11) is 1.71. The van der Waals surface area contributed by atoms with Gasteiger partial charge in [-0.2, -0.15) is 0 Å². The van der Waals surface area contributed by atoms with E-state index < -0.39 is 0 Å². The van der Waals surface area contributed by atoms with Crippen LogP contribution in [-0.4, -0.2) is 61.4 Å². The van der Waals surface area contributed by atoms with E-state index >= 15 is 0 Å². The first kappa shape index (κ1) is 25.2. The number of piperidine rings is 1. The average molecular weight is 530 g/mol. The molecule has 7 heteroatoms. The molecule has 3 rings (SSSR count). The van der Waals surface area contributed by atoms with Crippen LogP contribution in [0.25, 0.3) is 0 Å². The lowest BCUT2D eigenvalue weighted by molar-refractivity contribution is 0.120. The van der Waals surface area contributed by atoms with E-state index in [2.05, 4.69) is 34.6 Å². The predicted octanol–water partition coefficient (Wildman–Crippen LogP) is 3.38. The fourth-order valence-corrected chi connectivity index (χ4v) is 4.27. The number of methoxy groups -OCH3 is 1. The van der Waals surface area contributed by atoms with Gasteiger partial charge in [0.1, 0.15) is 5.75 Å². The molecule has 1 aromatic carbocycles. The lowest BCUT2D eigenvalue weighted by atomic mass is 9.93. The molecule has 6 nitrogen and oxygen atoms in total. The van der Waals surface area contributed by atoms with Crippen LogP contribution in [0.2, 0.25) is 0 Å². The molecule has 0 amide bonds. The molecule has 2 fully saturated rings. The van der Waals surface area contributed by atoms with Crippen LogP contribution in [0.1, 0.15) is 51.0 Å². The van der Waals surface area contributed by atoms with Crippen LogP contribution >= 0.6 is 24.0 Å². The minimum Gasteiger partial charge on any atom is -0.497 e. The summed E-state index contributed by atoms with van der Waals surface area (Å²) in [5, 5.41) is 16.7. The normalized spacial score (nSPS) is 23.5. The van der Waals surface area contributed by atoms with Crippen LogP contribution in [0.3, 0.4) is 0 Å². The van der Waals surface area contributed by atoms with Crippen molar-refractivity contribution in [2.75, 3.05) is 33.3 Å². The van der Waals surface area contributed by atoms with Crippen LogP contribution in [-0.2, 0) is 6.54 Å². The maximum Gasteiger partial charge on any atom is 0.191 e. The summed E-state index contributed by atoms with van der Waals surface area (Å²) in [5.41, 5.74) is 1.35. The summed E-state index contributed by atoms with van der Waals surface area (Å²) in [6, 6.07) is 8.84. The van der Waals surface area contributed by atoms with E-state index in [-0.39, 0.29) is 30.1 Å². The van der Waals surface area contributed by atoms with Gasteiger partial charge in [0.25, 0.3) is 0 Å². The van der Waals surface area contributed by atoms with Crippen LogP contribution < -0.4 is 15.4 Å². The molecule has 0 aromatic heterocycles. The highest BCUT2D eigenvalue weighted by atomic mass is 127. The molecular weight excluding hydrogens is 491 g/mol. The number of likely N-dealkylation sites (tertiary alicyclic amines) is 1. The van der Waals surface area contributed by atoms with Crippen molar-refractivity contribution >= 4 is 29.9 Å². The standard InChI is InChI=1S/C23H38N4O2.HI/c1-3-24-23(26-20-6-8-21(28)9-7-20)25-16-18-12-14-27(15-13-18)17-19-4-10-22(29-2)11-5-19;/h4-5,10-11,18,20-21,28H,3,6-9,12-17H2,1-2H3,(H2,24,25,26);1H. The second-order valence-corrected chi connectivity index (χ2v) is 8.44. The maximum atomic E-state index is 9.69. The van der Waals surface area contributed by atoms with Crippen molar-refractivity contribution in [3.63, 3.8) is 0 Å². The van der Waals surface area contributed by atoms with E-state index in [0.29, 0.717) is 12.0 Å². The molecule has 1 aromatic rings. The zero-order valence-corrected chi connectivity index (χ0v) is 20.8. The average Bonchev–Trinajstić information content (AvgIpc) is 2.75. The minimum atomic E-state index is -0.115. The summed E-state index contributed by atoms with van der Waals surface area (Å²) in [6.45, 7) is 7.16. The first-order valence-electron chi connectivity index (χ1n) is 11.2. The summed E-state index contributed by atoms with van der Waals surface area (Å²) in [5.74, 6) is 2.51. The Morgan fingerprint density at radius 1 is 1.10 bits per heavy atom. The number of halogens is 1. The molecule has 2 aliphatic rings. The lowest BCUT2D eigenvalue weighted by Gasteiger charge is -2.31. The number of ether oxygens (including phenoxy) is 1. The Hall–Kier alpha value is -1.06. The Balaban J connectivity index is 0.00000320. The summed E-state index contributed by atoms with van der Waals surface area (Å²) in [6.07, 6.45) is 6.12. The molecule has 1 saturated heterocycles. The van der Waals surface area contributed by atoms with Gasteiger partial charge < -0.3 is 20.5 Å². The molecule has 1 aliphatic carbocycles. The third-order valence-electron chi connectivity index (χ3n) is 6.16. The number of nitrogens with zero attached hydrogens (tertiary/aromatic N) is 2. The minimum absolute atomic E-state index is 0. The van der Waals surface area contributed by atoms with Crippen LogP contribution in [0.15, 0.2) is 29.3 Å². The highest BCUT2D eigenvalue weighted by Gasteiger charge is 2.21. The fourth-order valence-electron chi connectivity index (χ4n) is 4.27. The van der Waals surface area contributed by atoms with Crippen molar-refractivity contribution in [1.29, 1.82) is 0 Å². The number of aliphatic hydroxyl groups excluding tert-OH is 1. The third kappa shape index (κ3) is 8.23. The van der Waals surface area contributed by atoms with Crippen molar-refractivity contribution in [3.8, 4) is 5.75 Å². The smallest absolute Gasteiger partial charge is 0.191 e. The number of hydrogen-bond acceptors (Lipinski definition) is 4. The molecule has 1 saturated carbocycles. The molecule has 0 spiro atoms. The van der Waals surface area contributed by atoms with Gasteiger partial charge >= 0.3 is 0 Å². The Morgan fingerprint density at radius 3 is 2.37 bits per heavy atom. The zero-order valence-electron chi connectivity index (χ0n) is 18.5. The second-order valence-electron chi connectivity index (χ2n) is 8.44. The van der Waals surface area contributed by atoms with Gasteiger partial charge in [-0.1, -0.05) is 12.1 Å². The first-order chi connectivity index (χ1) is 14.2. The van der Waals surface area contributed by atoms with Crippen LogP contribution in [0, 0.1) is 5.92 Å². The van der Waals surface area contributed by atoms with Crippen molar-refractivity contribution in [2.45, 2.75) is 64.1 Å². The molecule has 0 atom stereocenters. The van der Waals surface area contributed by atoms with Crippen molar-refractivity contribution in [1.82, 2.24) is 15.5 Å². The lowest BCUT2D eigenvalue weighted by Crippen LogP contribution is -2.45. The van der Waals surface area contributed by atoms with Crippen molar-refractivity contribution < 1.29 is 9.84 Å².